The summed E-state index contributed by atoms with van der Waals surface area (Å²) in [6, 6.07) is 15.9. The zero-order valence-corrected chi connectivity index (χ0v) is 13.2. The summed E-state index contributed by atoms with van der Waals surface area (Å²) >= 11 is 0. The Kier molecular flexibility index (Phi) is 4.47. The second-order valence-electron chi connectivity index (χ2n) is 5.35. The SMILES string of the molecule is Cc1cccc(Nc2cc(NCc3ccccn3)nc(C)n2)c1. The molecule has 0 radical (unpaired) electrons. The van der Waals surface area contributed by atoms with Crippen molar-refractivity contribution in [3.8, 4) is 0 Å². The van der Waals surface area contributed by atoms with Crippen LogP contribution in [0.1, 0.15) is 17.1 Å². The van der Waals surface area contributed by atoms with Crippen LogP contribution in [0.25, 0.3) is 0 Å². The van der Waals surface area contributed by atoms with E-state index in [2.05, 4.69) is 44.6 Å². The molecule has 0 saturated carbocycles. The van der Waals surface area contributed by atoms with Crippen molar-refractivity contribution in [3.63, 3.8) is 0 Å². The molecule has 2 aromatic heterocycles. The van der Waals surface area contributed by atoms with Crippen molar-refractivity contribution in [2.75, 3.05) is 10.6 Å². The van der Waals surface area contributed by atoms with Crippen molar-refractivity contribution < 1.29 is 0 Å². The molecular formula is C18H19N5. The molecule has 0 amide bonds. The first-order chi connectivity index (χ1) is 11.2. The van der Waals surface area contributed by atoms with Gasteiger partial charge in [-0.05, 0) is 43.7 Å². The van der Waals surface area contributed by atoms with E-state index in [1.54, 1.807) is 6.20 Å². The number of anilines is 3. The van der Waals surface area contributed by atoms with Gasteiger partial charge < -0.3 is 10.6 Å². The minimum absolute atomic E-state index is 0.626. The molecule has 5 heteroatoms. The number of aryl methyl sites for hydroxylation is 2. The van der Waals surface area contributed by atoms with Crippen LogP contribution in [0.15, 0.2) is 54.7 Å². The molecule has 0 atom stereocenters. The second-order valence-corrected chi connectivity index (χ2v) is 5.35. The molecular weight excluding hydrogens is 286 g/mol. The van der Waals surface area contributed by atoms with E-state index in [9.17, 15) is 0 Å². The summed E-state index contributed by atoms with van der Waals surface area (Å²) in [5.41, 5.74) is 3.19. The monoisotopic (exact) mass is 305 g/mol. The summed E-state index contributed by atoms with van der Waals surface area (Å²) in [4.78, 5) is 13.1. The Morgan fingerprint density at radius 3 is 2.57 bits per heavy atom. The molecule has 3 aromatic rings. The summed E-state index contributed by atoms with van der Waals surface area (Å²) in [6.07, 6.45) is 1.78. The van der Waals surface area contributed by atoms with Crippen LogP contribution < -0.4 is 10.6 Å². The quantitative estimate of drug-likeness (QED) is 0.750. The number of benzene rings is 1. The van der Waals surface area contributed by atoms with Crippen molar-refractivity contribution in [2.45, 2.75) is 20.4 Å². The molecule has 0 saturated heterocycles. The number of rotatable bonds is 5. The lowest BCUT2D eigenvalue weighted by molar-refractivity contribution is 0.996. The van der Waals surface area contributed by atoms with E-state index in [0.717, 1.165) is 23.0 Å². The van der Waals surface area contributed by atoms with E-state index in [-0.39, 0.29) is 0 Å². The molecule has 2 heterocycles. The van der Waals surface area contributed by atoms with Gasteiger partial charge in [-0.15, -0.1) is 0 Å². The highest BCUT2D eigenvalue weighted by atomic mass is 15.1. The molecule has 0 bridgehead atoms. The standard InChI is InChI=1S/C18H19N5/c1-13-6-5-8-15(10-13)23-18-11-17(21-14(2)22-18)20-12-16-7-3-4-9-19-16/h3-11H,12H2,1-2H3,(H2,20,21,22,23). The van der Waals surface area contributed by atoms with Gasteiger partial charge in [0.2, 0.25) is 0 Å². The fourth-order valence-corrected chi connectivity index (χ4v) is 2.28. The van der Waals surface area contributed by atoms with Gasteiger partial charge >= 0.3 is 0 Å². The van der Waals surface area contributed by atoms with Gasteiger partial charge in [-0.1, -0.05) is 18.2 Å². The number of pyridine rings is 1. The third-order valence-electron chi connectivity index (χ3n) is 3.31. The van der Waals surface area contributed by atoms with Crippen LogP contribution in [0.3, 0.4) is 0 Å². The predicted molar refractivity (Wildman–Crippen MR) is 92.8 cm³/mol. The maximum Gasteiger partial charge on any atom is 0.136 e. The molecule has 0 unspecified atom stereocenters. The number of hydrogen-bond acceptors (Lipinski definition) is 5. The van der Waals surface area contributed by atoms with Gasteiger partial charge in [0, 0.05) is 18.0 Å². The lowest BCUT2D eigenvalue weighted by atomic mass is 10.2. The molecule has 2 N–H and O–H groups in total. The molecule has 0 fully saturated rings. The van der Waals surface area contributed by atoms with Gasteiger partial charge in [-0.2, -0.15) is 0 Å². The summed E-state index contributed by atoms with van der Waals surface area (Å²) in [5, 5.41) is 6.60. The Morgan fingerprint density at radius 1 is 0.913 bits per heavy atom. The molecule has 0 aliphatic heterocycles. The molecule has 23 heavy (non-hydrogen) atoms. The van der Waals surface area contributed by atoms with E-state index in [4.69, 9.17) is 0 Å². The number of hydrogen-bond donors (Lipinski definition) is 2. The van der Waals surface area contributed by atoms with Gasteiger partial charge in [-0.25, -0.2) is 9.97 Å². The van der Waals surface area contributed by atoms with Crippen molar-refractivity contribution in [3.05, 3.63) is 71.8 Å². The maximum absolute atomic E-state index is 4.44. The average Bonchev–Trinajstić information content (AvgIpc) is 2.53. The largest absolute Gasteiger partial charge is 0.364 e. The van der Waals surface area contributed by atoms with Crippen molar-refractivity contribution in [2.24, 2.45) is 0 Å². The van der Waals surface area contributed by atoms with Crippen LogP contribution in [-0.4, -0.2) is 15.0 Å². The van der Waals surface area contributed by atoms with E-state index in [1.807, 2.05) is 43.3 Å². The van der Waals surface area contributed by atoms with Crippen LogP contribution in [0.5, 0.6) is 0 Å². The zero-order valence-electron chi connectivity index (χ0n) is 13.2. The Morgan fingerprint density at radius 2 is 1.78 bits per heavy atom. The molecule has 1 aromatic carbocycles. The number of nitrogens with zero attached hydrogens (tertiary/aromatic N) is 3. The third kappa shape index (κ3) is 4.26. The minimum atomic E-state index is 0.626. The fourth-order valence-electron chi connectivity index (χ4n) is 2.28. The average molecular weight is 305 g/mol. The van der Waals surface area contributed by atoms with Crippen LogP contribution in [0.2, 0.25) is 0 Å². The Bertz CT molecular complexity index is 786. The third-order valence-corrected chi connectivity index (χ3v) is 3.31. The smallest absolute Gasteiger partial charge is 0.136 e. The van der Waals surface area contributed by atoms with Gasteiger partial charge in [0.25, 0.3) is 0 Å². The minimum Gasteiger partial charge on any atom is -0.364 e. The molecule has 116 valence electrons. The first kappa shape index (κ1) is 15.0. The Balaban J connectivity index is 1.73. The van der Waals surface area contributed by atoms with Crippen molar-refractivity contribution in [1.29, 1.82) is 0 Å². The highest BCUT2D eigenvalue weighted by Gasteiger charge is 2.03. The topological polar surface area (TPSA) is 62.7 Å². The molecule has 0 aliphatic rings. The first-order valence-corrected chi connectivity index (χ1v) is 7.52. The van der Waals surface area contributed by atoms with E-state index >= 15 is 0 Å². The summed E-state index contributed by atoms with van der Waals surface area (Å²) < 4.78 is 0. The van der Waals surface area contributed by atoms with Crippen LogP contribution in [0, 0.1) is 13.8 Å². The van der Waals surface area contributed by atoms with Crippen LogP contribution in [0.4, 0.5) is 17.3 Å². The van der Waals surface area contributed by atoms with Crippen molar-refractivity contribution in [1.82, 2.24) is 15.0 Å². The van der Waals surface area contributed by atoms with Crippen LogP contribution in [-0.2, 0) is 6.54 Å². The molecule has 0 aliphatic carbocycles. The summed E-state index contributed by atoms with van der Waals surface area (Å²) in [7, 11) is 0. The maximum atomic E-state index is 4.44. The summed E-state index contributed by atoms with van der Waals surface area (Å²) in [5.74, 6) is 2.26. The highest BCUT2D eigenvalue weighted by molar-refractivity contribution is 5.59. The lowest BCUT2D eigenvalue weighted by Gasteiger charge is -2.10. The first-order valence-electron chi connectivity index (χ1n) is 7.52. The second kappa shape index (κ2) is 6.87. The normalized spacial score (nSPS) is 10.3. The van der Waals surface area contributed by atoms with Crippen LogP contribution >= 0.6 is 0 Å². The molecule has 3 rings (SSSR count). The van der Waals surface area contributed by atoms with E-state index < -0.39 is 0 Å². The highest BCUT2D eigenvalue weighted by Crippen LogP contribution is 2.18. The van der Waals surface area contributed by atoms with Gasteiger partial charge in [0.15, 0.2) is 0 Å². The van der Waals surface area contributed by atoms with Crippen molar-refractivity contribution >= 4 is 17.3 Å². The Labute approximate surface area is 135 Å². The molecule has 0 spiro atoms. The Hall–Kier alpha value is -2.95. The van der Waals surface area contributed by atoms with Gasteiger partial charge in [0.05, 0.1) is 12.2 Å². The zero-order chi connectivity index (χ0) is 16.1. The van der Waals surface area contributed by atoms with E-state index in [0.29, 0.717) is 12.4 Å². The number of nitrogens with one attached hydrogen (secondary N) is 2. The number of aromatic nitrogens is 3. The van der Waals surface area contributed by atoms with Gasteiger partial charge in [0.1, 0.15) is 17.5 Å². The predicted octanol–water partition coefficient (Wildman–Crippen LogP) is 3.84. The fraction of sp³-hybridized carbons (Fsp3) is 0.167. The molecule has 5 nitrogen and oxygen atoms in total. The lowest BCUT2D eigenvalue weighted by Crippen LogP contribution is -2.06. The van der Waals surface area contributed by atoms with Gasteiger partial charge in [-0.3, -0.25) is 4.98 Å². The van der Waals surface area contributed by atoms with E-state index in [1.165, 1.54) is 5.56 Å². The summed E-state index contributed by atoms with van der Waals surface area (Å²) in [6.45, 7) is 4.57.